The molecule has 0 saturated heterocycles. The van der Waals surface area contributed by atoms with Gasteiger partial charge in [-0.1, -0.05) is 6.07 Å². The van der Waals surface area contributed by atoms with E-state index < -0.39 is 6.09 Å². The molecule has 0 saturated carbocycles. The highest BCUT2D eigenvalue weighted by atomic mass is 79.9. The number of carbonyl (C=O) groups is 1. The Hall–Kier alpha value is -2.68. The molecule has 2 heterocycles. The number of carboxylic acid groups (broad SMARTS) is 1. The Labute approximate surface area is 151 Å². The number of halogens is 2. The molecule has 1 amide bonds. The Bertz CT molecular complexity index is 915. The summed E-state index contributed by atoms with van der Waals surface area (Å²) in [5.74, 6) is 0.0109. The van der Waals surface area contributed by atoms with Crippen molar-refractivity contribution in [2.75, 3.05) is 11.9 Å². The molecule has 7 nitrogen and oxygen atoms in total. The first-order chi connectivity index (χ1) is 12.0. The summed E-state index contributed by atoms with van der Waals surface area (Å²) < 4.78 is 16.1. The zero-order valence-electron chi connectivity index (χ0n) is 13.0. The van der Waals surface area contributed by atoms with Crippen LogP contribution in [0.2, 0.25) is 0 Å². The maximum atomic E-state index is 13.3. The molecule has 3 rings (SSSR count). The summed E-state index contributed by atoms with van der Waals surface area (Å²) in [6, 6.07) is 6.05. The number of fused-ring (bicyclic) bond motifs is 1. The predicted molar refractivity (Wildman–Crippen MR) is 95.6 cm³/mol. The van der Waals surface area contributed by atoms with Gasteiger partial charge in [-0.25, -0.2) is 14.2 Å². The van der Waals surface area contributed by atoms with Crippen LogP contribution in [0.5, 0.6) is 0 Å². The minimum atomic E-state index is -1.04. The van der Waals surface area contributed by atoms with Gasteiger partial charge in [0.2, 0.25) is 5.95 Å². The zero-order valence-corrected chi connectivity index (χ0v) is 14.6. The van der Waals surface area contributed by atoms with Crippen LogP contribution >= 0.6 is 15.9 Å². The van der Waals surface area contributed by atoms with Crippen LogP contribution in [0, 0.1) is 5.82 Å². The van der Waals surface area contributed by atoms with Crippen LogP contribution in [0.1, 0.15) is 6.42 Å². The number of nitrogens with zero attached hydrogens (tertiary/aromatic N) is 3. The van der Waals surface area contributed by atoms with Crippen LogP contribution in [0.4, 0.5) is 20.8 Å². The molecule has 2 aromatic heterocycles. The molecule has 0 unspecified atom stereocenters. The molecule has 0 fully saturated rings. The minimum absolute atomic E-state index is 0.344. The van der Waals surface area contributed by atoms with E-state index in [1.165, 1.54) is 12.1 Å². The van der Waals surface area contributed by atoms with Gasteiger partial charge in [-0.05, 0) is 40.5 Å². The minimum Gasteiger partial charge on any atom is -0.465 e. The van der Waals surface area contributed by atoms with Crippen molar-refractivity contribution in [3.05, 3.63) is 46.9 Å². The van der Waals surface area contributed by atoms with Gasteiger partial charge in [0.05, 0.1) is 5.39 Å². The standard InChI is InChI=1S/C16H15BrFN5O2/c17-13-9-23(6-2-5-19-16(24)25)14-12(13)8-20-15(22-14)21-11-4-1-3-10(18)7-11/h1,3-4,7-9,19H,2,5-6H2,(H,24,25)(H,20,21,22). The summed E-state index contributed by atoms with van der Waals surface area (Å²) in [6.07, 6.45) is 3.15. The number of benzene rings is 1. The lowest BCUT2D eigenvalue weighted by molar-refractivity contribution is 0.194. The van der Waals surface area contributed by atoms with Gasteiger partial charge < -0.3 is 20.3 Å². The van der Waals surface area contributed by atoms with Crippen LogP contribution in [0.3, 0.4) is 0 Å². The second kappa shape index (κ2) is 7.47. The van der Waals surface area contributed by atoms with Crippen molar-refractivity contribution in [1.82, 2.24) is 19.9 Å². The van der Waals surface area contributed by atoms with E-state index in [0.717, 1.165) is 9.86 Å². The Balaban J connectivity index is 1.80. The molecule has 9 heteroatoms. The van der Waals surface area contributed by atoms with Crippen molar-refractivity contribution in [2.45, 2.75) is 13.0 Å². The van der Waals surface area contributed by atoms with Gasteiger partial charge in [0.1, 0.15) is 11.5 Å². The van der Waals surface area contributed by atoms with Crippen LogP contribution in [-0.4, -0.2) is 32.3 Å². The molecule has 3 N–H and O–H groups in total. The molecule has 0 spiro atoms. The number of amides is 1. The van der Waals surface area contributed by atoms with Crippen molar-refractivity contribution in [2.24, 2.45) is 0 Å². The first-order valence-corrected chi connectivity index (χ1v) is 8.33. The molecule has 0 bridgehead atoms. The zero-order chi connectivity index (χ0) is 17.8. The molecule has 25 heavy (non-hydrogen) atoms. The first-order valence-electron chi connectivity index (χ1n) is 7.54. The number of rotatable bonds is 6. The highest BCUT2D eigenvalue weighted by Gasteiger charge is 2.10. The summed E-state index contributed by atoms with van der Waals surface area (Å²) in [4.78, 5) is 19.2. The quantitative estimate of drug-likeness (QED) is 0.541. The smallest absolute Gasteiger partial charge is 0.404 e. The van der Waals surface area contributed by atoms with E-state index in [2.05, 4.69) is 36.5 Å². The topological polar surface area (TPSA) is 92.1 Å². The number of nitrogens with one attached hydrogen (secondary N) is 2. The second-order valence-electron chi connectivity index (χ2n) is 5.32. The van der Waals surface area contributed by atoms with Gasteiger partial charge in [-0.3, -0.25) is 0 Å². The Morgan fingerprint density at radius 1 is 1.40 bits per heavy atom. The molecule has 1 aromatic carbocycles. The molecule has 0 aliphatic carbocycles. The molecular weight excluding hydrogens is 393 g/mol. The molecule has 0 aliphatic rings. The monoisotopic (exact) mass is 407 g/mol. The van der Waals surface area contributed by atoms with Crippen molar-refractivity contribution < 1.29 is 14.3 Å². The number of aryl methyl sites for hydroxylation is 1. The summed E-state index contributed by atoms with van der Waals surface area (Å²) in [7, 11) is 0. The lowest BCUT2D eigenvalue weighted by Gasteiger charge is -2.07. The van der Waals surface area contributed by atoms with Crippen LogP contribution in [0.25, 0.3) is 11.0 Å². The average Bonchev–Trinajstić information content (AvgIpc) is 2.87. The van der Waals surface area contributed by atoms with E-state index in [-0.39, 0.29) is 5.82 Å². The first kappa shape index (κ1) is 17.2. The lowest BCUT2D eigenvalue weighted by atomic mass is 10.3. The van der Waals surface area contributed by atoms with Crippen molar-refractivity contribution in [3.63, 3.8) is 0 Å². The third-order valence-corrected chi connectivity index (χ3v) is 4.13. The number of hydrogen-bond acceptors (Lipinski definition) is 4. The summed E-state index contributed by atoms with van der Waals surface area (Å²) >= 11 is 3.47. The summed E-state index contributed by atoms with van der Waals surface area (Å²) in [5, 5.41) is 14.8. The van der Waals surface area contributed by atoms with Gasteiger partial charge in [-0.15, -0.1) is 0 Å². The largest absolute Gasteiger partial charge is 0.465 e. The van der Waals surface area contributed by atoms with Crippen LogP contribution in [0.15, 0.2) is 41.1 Å². The molecule has 0 atom stereocenters. The summed E-state index contributed by atoms with van der Waals surface area (Å²) in [5.41, 5.74) is 1.26. The van der Waals surface area contributed by atoms with E-state index in [1.54, 1.807) is 18.3 Å². The predicted octanol–water partition coefficient (Wildman–Crippen LogP) is 3.73. The second-order valence-corrected chi connectivity index (χ2v) is 6.18. The normalized spacial score (nSPS) is 10.8. The van der Waals surface area contributed by atoms with Crippen LogP contribution < -0.4 is 10.6 Å². The summed E-state index contributed by atoms with van der Waals surface area (Å²) in [6.45, 7) is 0.949. The fourth-order valence-corrected chi connectivity index (χ4v) is 2.93. The fourth-order valence-electron chi connectivity index (χ4n) is 2.40. The third-order valence-electron chi connectivity index (χ3n) is 3.50. The molecule has 3 aromatic rings. The van der Waals surface area contributed by atoms with E-state index in [1.807, 2.05) is 10.8 Å². The van der Waals surface area contributed by atoms with Gasteiger partial charge in [0.15, 0.2) is 0 Å². The van der Waals surface area contributed by atoms with Gasteiger partial charge in [0, 0.05) is 35.6 Å². The lowest BCUT2D eigenvalue weighted by Crippen LogP contribution is -2.22. The maximum absolute atomic E-state index is 13.3. The van der Waals surface area contributed by atoms with E-state index >= 15 is 0 Å². The molecule has 0 radical (unpaired) electrons. The highest BCUT2D eigenvalue weighted by molar-refractivity contribution is 9.10. The Morgan fingerprint density at radius 3 is 3.00 bits per heavy atom. The number of aromatic nitrogens is 3. The van der Waals surface area contributed by atoms with Gasteiger partial charge >= 0.3 is 6.09 Å². The SMILES string of the molecule is O=C(O)NCCCn1cc(Br)c2cnc(Nc3cccc(F)c3)nc21. The van der Waals surface area contributed by atoms with Crippen LogP contribution in [-0.2, 0) is 6.54 Å². The van der Waals surface area contributed by atoms with E-state index in [0.29, 0.717) is 36.8 Å². The van der Waals surface area contributed by atoms with Gasteiger partial charge in [-0.2, -0.15) is 4.98 Å². The fraction of sp³-hybridized carbons (Fsp3) is 0.188. The van der Waals surface area contributed by atoms with Crippen molar-refractivity contribution in [1.29, 1.82) is 0 Å². The van der Waals surface area contributed by atoms with E-state index in [9.17, 15) is 9.18 Å². The van der Waals surface area contributed by atoms with Crippen molar-refractivity contribution >= 4 is 44.7 Å². The maximum Gasteiger partial charge on any atom is 0.404 e. The molecular formula is C16H15BrFN5O2. The Kier molecular flexibility index (Phi) is 5.13. The number of anilines is 2. The van der Waals surface area contributed by atoms with Crippen molar-refractivity contribution in [3.8, 4) is 0 Å². The van der Waals surface area contributed by atoms with E-state index in [4.69, 9.17) is 5.11 Å². The third kappa shape index (κ3) is 4.24. The molecule has 0 aliphatic heterocycles. The average molecular weight is 408 g/mol. The Morgan fingerprint density at radius 2 is 2.24 bits per heavy atom. The van der Waals surface area contributed by atoms with Gasteiger partial charge in [0.25, 0.3) is 0 Å². The number of hydrogen-bond donors (Lipinski definition) is 3. The highest BCUT2D eigenvalue weighted by Crippen LogP contribution is 2.26. The molecule has 130 valence electrons.